The Bertz CT molecular complexity index is 870. The van der Waals surface area contributed by atoms with Crippen LogP contribution in [0.15, 0.2) is 43.0 Å². The van der Waals surface area contributed by atoms with E-state index in [0.29, 0.717) is 38.8 Å². The molecule has 3 rings (SSSR count). The molecule has 2 aliphatic heterocycles. The summed E-state index contributed by atoms with van der Waals surface area (Å²) < 4.78 is 32.1. The number of carbonyl (C=O) groups is 1. The number of hydrogen-bond donors (Lipinski definition) is 0. The van der Waals surface area contributed by atoms with Crippen molar-refractivity contribution >= 4 is 21.8 Å². The molecule has 28 heavy (non-hydrogen) atoms. The van der Waals surface area contributed by atoms with Gasteiger partial charge in [-0.15, -0.1) is 6.58 Å². The van der Waals surface area contributed by atoms with Crippen molar-refractivity contribution in [2.45, 2.75) is 45.3 Å². The van der Waals surface area contributed by atoms with Crippen LogP contribution in [0.1, 0.15) is 36.8 Å². The molecule has 2 heterocycles. The quantitative estimate of drug-likeness (QED) is 0.649. The second kappa shape index (κ2) is 8.49. The minimum absolute atomic E-state index is 0.0589. The van der Waals surface area contributed by atoms with Crippen LogP contribution < -0.4 is 4.90 Å². The van der Waals surface area contributed by atoms with E-state index in [4.69, 9.17) is 4.74 Å². The number of cyclic esters (lactones) is 1. The molecule has 0 aliphatic carbocycles. The van der Waals surface area contributed by atoms with Crippen LogP contribution in [0.2, 0.25) is 0 Å². The van der Waals surface area contributed by atoms with Crippen LogP contribution in [0.25, 0.3) is 0 Å². The predicted molar refractivity (Wildman–Crippen MR) is 111 cm³/mol. The van der Waals surface area contributed by atoms with E-state index in [-0.39, 0.29) is 24.5 Å². The topological polar surface area (TPSA) is 66.9 Å². The fraction of sp³-hybridized carbons (Fsp3) is 0.476. The molecule has 0 atom stereocenters. The van der Waals surface area contributed by atoms with Gasteiger partial charge in [-0.05, 0) is 38.7 Å². The van der Waals surface area contributed by atoms with E-state index >= 15 is 0 Å². The van der Waals surface area contributed by atoms with Crippen LogP contribution in [-0.2, 0) is 21.4 Å². The number of ether oxygens (including phenoxy) is 1. The third-order valence-electron chi connectivity index (χ3n) is 5.37. The van der Waals surface area contributed by atoms with Gasteiger partial charge in [-0.3, -0.25) is 4.90 Å². The smallest absolute Gasteiger partial charge is 0.414 e. The number of hydrogen-bond acceptors (Lipinski definition) is 4. The predicted octanol–water partition coefficient (Wildman–Crippen LogP) is 3.77. The third-order valence-corrected chi connectivity index (χ3v) is 7.24. The van der Waals surface area contributed by atoms with Gasteiger partial charge in [0.25, 0.3) is 0 Å². The van der Waals surface area contributed by atoms with Gasteiger partial charge in [0.05, 0.1) is 11.4 Å². The van der Waals surface area contributed by atoms with E-state index in [9.17, 15) is 13.2 Å². The number of aryl methyl sites for hydroxylation is 1. The molecule has 2 aliphatic rings. The molecule has 0 aromatic heterocycles. The average molecular weight is 405 g/mol. The molecule has 1 amide bonds. The van der Waals surface area contributed by atoms with Crippen molar-refractivity contribution in [1.29, 1.82) is 0 Å². The van der Waals surface area contributed by atoms with Crippen LogP contribution >= 0.6 is 0 Å². The van der Waals surface area contributed by atoms with Gasteiger partial charge < -0.3 is 4.74 Å². The van der Waals surface area contributed by atoms with Gasteiger partial charge in [0.2, 0.25) is 10.0 Å². The summed E-state index contributed by atoms with van der Waals surface area (Å²) in [5.41, 5.74) is 3.87. The molecule has 6 nitrogen and oxygen atoms in total. The van der Waals surface area contributed by atoms with E-state index in [1.165, 1.54) is 4.31 Å². The average Bonchev–Trinajstić information content (AvgIpc) is 2.67. The molecule has 152 valence electrons. The maximum Gasteiger partial charge on any atom is 0.414 e. The SMILES string of the molecule is C=CCC(=C)CCS(=O)(=O)N1CCC(N2C(=O)OCc3cc(C)ccc32)CC1. The van der Waals surface area contributed by atoms with Gasteiger partial charge in [0.1, 0.15) is 6.61 Å². The van der Waals surface area contributed by atoms with Crippen molar-refractivity contribution in [1.82, 2.24) is 4.31 Å². The highest BCUT2D eigenvalue weighted by atomic mass is 32.2. The minimum Gasteiger partial charge on any atom is -0.444 e. The summed E-state index contributed by atoms with van der Waals surface area (Å²) in [5, 5.41) is 0. The summed E-state index contributed by atoms with van der Waals surface area (Å²) in [6.07, 6.45) is 3.65. The Morgan fingerprint density at radius 3 is 2.71 bits per heavy atom. The maximum atomic E-state index is 12.6. The Balaban J connectivity index is 1.65. The van der Waals surface area contributed by atoms with Crippen LogP contribution in [0.5, 0.6) is 0 Å². The minimum atomic E-state index is -3.33. The normalized spacial score (nSPS) is 18.5. The van der Waals surface area contributed by atoms with Crippen LogP contribution in [0.4, 0.5) is 10.5 Å². The number of anilines is 1. The summed E-state index contributed by atoms with van der Waals surface area (Å²) in [5.74, 6) is 0.0677. The molecular formula is C21H28N2O4S. The van der Waals surface area contributed by atoms with Crippen molar-refractivity contribution in [3.8, 4) is 0 Å². The largest absolute Gasteiger partial charge is 0.444 e. The van der Waals surface area contributed by atoms with Crippen LogP contribution in [-0.4, -0.2) is 43.7 Å². The van der Waals surface area contributed by atoms with E-state index in [0.717, 1.165) is 22.4 Å². The number of rotatable bonds is 7. The first-order valence-corrected chi connectivity index (χ1v) is 11.2. The number of allylic oxidation sites excluding steroid dienone is 2. The van der Waals surface area contributed by atoms with Crippen molar-refractivity contribution in [2.24, 2.45) is 0 Å². The second-order valence-electron chi connectivity index (χ2n) is 7.50. The molecule has 0 saturated carbocycles. The second-order valence-corrected chi connectivity index (χ2v) is 9.58. The summed E-state index contributed by atoms with van der Waals surface area (Å²) in [6.45, 7) is 10.7. The first-order valence-electron chi connectivity index (χ1n) is 9.62. The highest BCUT2D eigenvalue weighted by Gasteiger charge is 2.36. The fourth-order valence-electron chi connectivity index (χ4n) is 3.81. The standard InChI is InChI=1S/C21H28N2O4S/c1-4-5-16(2)10-13-28(25,26)22-11-8-19(9-12-22)23-20-7-6-17(3)14-18(20)15-27-21(23)24/h4,6-7,14,19H,1-2,5,8-13,15H2,3H3. The lowest BCUT2D eigenvalue weighted by atomic mass is 10.0. The van der Waals surface area contributed by atoms with Gasteiger partial charge in [-0.25, -0.2) is 17.5 Å². The Kier molecular flexibility index (Phi) is 6.25. The van der Waals surface area contributed by atoms with E-state index in [1.54, 1.807) is 11.0 Å². The number of amides is 1. The number of benzene rings is 1. The third kappa shape index (κ3) is 4.47. The Hall–Kier alpha value is -2.12. The van der Waals surface area contributed by atoms with Gasteiger partial charge in [-0.1, -0.05) is 35.9 Å². The van der Waals surface area contributed by atoms with Gasteiger partial charge >= 0.3 is 6.09 Å². The monoisotopic (exact) mass is 404 g/mol. The lowest BCUT2D eigenvalue weighted by Crippen LogP contribution is -2.50. The Morgan fingerprint density at radius 1 is 1.32 bits per heavy atom. The number of piperidine rings is 1. The molecule has 0 radical (unpaired) electrons. The van der Waals surface area contributed by atoms with Crippen LogP contribution in [0.3, 0.4) is 0 Å². The molecular weight excluding hydrogens is 376 g/mol. The zero-order valence-electron chi connectivity index (χ0n) is 16.4. The number of sulfonamides is 1. The fourth-order valence-corrected chi connectivity index (χ4v) is 5.38. The highest BCUT2D eigenvalue weighted by molar-refractivity contribution is 7.89. The molecule has 1 aromatic rings. The van der Waals surface area contributed by atoms with Crippen molar-refractivity contribution in [3.63, 3.8) is 0 Å². The molecule has 1 fully saturated rings. The summed E-state index contributed by atoms with van der Waals surface area (Å²) in [4.78, 5) is 14.1. The zero-order valence-corrected chi connectivity index (χ0v) is 17.2. The number of fused-ring (bicyclic) bond motifs is 1. The molecule has 1 aromatic carbocycles. The Labute approximate surface area is 167 Å². The molecule has 7 heteroatoms. The first-order chi connectivity index (χ1) is 13.3. The van der Waals surface area contributed by atoms with Gasteiger partial charge in [-0.2, -0.15) is 0 Å². The molecule has 0 unspecified atom stereocenters. The van der Waals surface area contributed by atoms with Gasteiger partial charge in [0, 0.05) is 24.7 Å². The lowest BCUT2D eigenvalue weighted by Gasteiger charge is -2.39. The van der Waals surface area contributed by atoms with E-state index < -0.39 is 10.0 Å². The van der Waals surface area contributed by atoms with Crippen molar-refractivity contribution < 1.29 is 17.9 Å². The Morgan fingerprint density at radius 2 is 2.04 bits per heavy atom. The van der Waals surface area contributed by atoms with Crippen molar-refractivity contribution in [2.75, 3.05) is 23.7 Å². The first kappa shape index (κ1) is 20.6. The lowest BCUT2D eigenvalue weighted by molar-refractivity contribution is 0.135. The summed E-state index contributed by atoms with van der Waals surface area (Å²) >= 11 is 0. The van der Waals surface area contributed by atoms with Gasteiger partial charge in [0.15, 0.2) is 0 Å². The highest BCUT2D eigenvalue weighted by Crippen LogP contribution is 2.33. The maximum absolute atomic E-state index is 12.6. The number of nitrogens with zero attached hydrogens (tertiary/aromatic N) is 2. The van der Waals surface area contributed by atoms with Crippen LogP contribution in [0, 0.1) is 6.92 Å². The number of carbonyl (C=O) groups excluding carboxylic acids is 1. The summed E-state index contributed by atoms with van der Waals surface area (Å²) in [6, 6.07) is 5.92. The molecule has 0 N–H and O–H groups in total. The molecule has 1 saturated heterocycles. The van der Waals surface area contributed by atoms with Crippen molar-refractivity contribution in [3.05, 3.63) is 54.1 Å². The molecule has 0 spiro atoms. The summed E-state index contributed by atoms with van der Waals surface area (Å²) in [7, 11) is -3.33. The van der Waals surface area contributed by atoms with E-state index in [1.807, 2.05) is 25.1 Å². The zero-order chi connectivity index (χ0) is 20.3. The van der Waals surface area contributed by atoms with E-state index in [2.05, 4.69) is 13.2 Å². The molecule has 0 bridgehead atoms.